The van der Waals surface area contributed by atoms with E-state index in [9.17, 15) is 18.0 Å². The van der Waals surface area contributed by atoms with Crippen molar-refractivity contribution in [2.24, 2.45) is 0 Å². The Morgan fingerprint density at radius 2 is 1.88 bits per heavy atom. The molecule has 0 unspecified atom stereocenters. The van der Waals surface area contributed by atoms with Gasteiger partial charge < -0.3 is 10.6 Å². The lowest BCUT2D eigenvalue weighted by Gasteiger charge is -2.13. The Balaban J connectivity index is 1.68. The van der Waals surface area contributed by atoms with E-state index in [0.717, 1.165) is 31.7 Å². The molecule has 1 aliphatic rings. The summed E-state index contributed by atoms with van der Waals surface area (Å²) in [5, 5.41) is 5.37. The number of nitrogens with zero attached hydrogens (tertiary/aromatic N) is 1. The van der Waals surface area contributed by atoms with Gasteiger partial charge in [0.15, 0.2) is 0 Å². The number of aromatic nitrogens is 1. The monoisotopic (exact) mass is 383 g/mol. The van der Waals surface area contributed by atoms with Crippen molar-refractivity contribution in [2.45, 2.75) is 37.9 Å². The number of hydrogen-bond donors (Lipinski definition) is 2. The number of rotatable bonds is 4. The van der Waals surface area contributed by atoms with E-state index in [4.69, 9.17) is 11.6 Å². The molecule has 1 fully saturated rings. The highest BCUT2D eigenvalue weighted by Crippen LogP contribution is 2.36. The Bertz CT molecular complexity index is 787. The number of nitrogens with one attached hydrogen (secondary N) is 2. The van der Waals surface area contributed by atoms with Crippen LogP contribution < -0.4 is 10.6 Å². The molecule has 0 saturated heterocycles. The zero-order chi connectivity index (χ0) is 18.7. The highest BCUT2D eigenvalue weighted by molar-refractivity contribution is 6.31. The molecule has 1 aliphatic carbocycles. The van der Waals surface area contributed by atoms with Gasteiger partial charge in [0, 0.05) is 17.9 Å². The van der Waals surface area contributed by atoms with Crippen LogP contribution in [0, 0.1) is 0 Å². The van der Waals surface area contributed by atoms with E-state index in [1.54, 1.807) is 12.1 Å². The number of alkyl halides is 3. The summed E-state index contributed by atoms with van der Waals surface area (Å²) in [7, 11) is 0. The largest absolute Gasteiger partial charge is 0.417 e. The highest BCUT2D eigenvalue weighted by Gasteiger charge is 2.33. The summed E-state index contributed by atoms with van der Waals surface area (Å²) in [4.78, 5) is 16.2. The van der Waals surface area contributed by atoms with Gasteiger partial charge in [-0.2, -0.15) is 13.2 Å². The lowest BCUT2D eigenvalue weighted by molar-refractivity contribution is -0.137. The number of halogens is 4. The normalized spacial score (nSPS) is 15.1. The van der Waals surface area contributed by atoms with Crippen LogP contribution in [-0.2, 0) is 6.18 Å². The summed E-state index contributed by atoms with van der Waals surface area (Å²) in [5.41, 5.74) is -0.302. The number of pyridine rings is 1. The van der Waals surface area contributed by atoms with E-state index in [0.29, 0.717) is 11.4 Å². The van der Waals surface area contributed by atoms with Crippen LogP contribution in [0.25, 0.3) is 0 Å². The fourth-order valence-electron chi connectivity index (χ4n) is 2.91. The van der Waals surface area contributed by atoms with E-state index in [1.165, 1.54) is 18.3 Å². The molecule has 4 nitrogen and oxygen atoms in total. The van der Waals surface area contributed by atoms with E-state index in [-0.39, 0.29) is 22.7 Å². The molecule has 0 spiro atoms. The molecule has 1 amide bonds. The van der Waals surface area contributed by atoms with Gasteiger partial charge in [0.05, 0.1) is 16.1 Å². The lowest BCUT2D eigenvalue weighted by Crippen LogP contribution is -2.32. The zero-order valence-electron chi connectivity index (χ0n) is 13.7. The molecule has 1 aromatic heterocycles. The van der Waals surface area contributed by atoms with Crippen LogP contribution in [0.3, 0.4) is 0 Å². The molecular weight excluding hydrogens is 367 g/mol. The Hall–Kier alpha value is -2.28. The van der Waals surface area contributed by atoms with Crippen molar-refractivity contribution < 1.29 is 18.0 Å². The summed E-state index contributed by atoms with van der Waals surface area (Å²) in [6.07, 6.45) is 1.06. The van der Waals surface area contributed by atoms with Gasteiger partial charge in [-0.3, -0.25) is 4.79 Å². The predicted molar refractivity (Wildman–Crippen MR) is 93.7 cm³/mol. The van der Waals surface area contributed by atoms with Crippen LogP contribution in [0.5, 0.6) is 0 Å². The van der Waals surface area contributed by atoms with Crippen LogP contribution >= 0.6 is 11.6 Å². The van der Waals surface area contributed by atoms with Crippen molar-refractivity contribution in [3.05, 3.63) is 52.7 Å². The maximum atomic E-state index is 12.9. The van der Waals surface area contributed by atoms with Crippen LogP contribution in [0.2, 0.25) is 5.02 Å². The summed E-state index contributed by atoms with van der Waals surface area (Å²) in [6.45, 7) is 0. The van der Waals surface area contributed by atoms with Crippen molar-refractivity contribution in [2.75, 3.05) is 5.32 Å². The fraction of sp³-hybridized carbons (Fsp3) is 0.333. The number of hydrogen-bond acceptors (Lipinski definition) is 3. The molecule has 3 rings (SSSR count). The fourth-order valence-corrected chi connectivity index (χ4v) is 3.13. The first-order valence-electron chi connectivity index (χ1n) is 8.23. The van der Waals surface area contributed by atoms with Crippen LogP contribution in [0.4, 0.5) is 24.7 Å². The third kappa shape index (κ3) is 4.46. The van der Waals surface area contributed by atoms with E-state index >= 15 is 0 Å². The average molecular weight is 384 g/mol. The Morgan fingerprint density at radius 1 is 1.15 bits per heavy atom. The van der Waals surface area contributed by atoms with Crippen LogP contribution in [0.15, 0.2) is 36.5 Å². The average Bonchev–Trinajstić information content (AvgIpc) is 3.09. The molecule has 0 bridgehead atoms. The number of anilines is 2. The van der Waals surface area contributed by atoms with E-state index in [1.807, 2.05) is 0 Å². The molecule has 2 aromatic rings. The summed E-state index contributed by atoms with van der Waals surface area (Å²) in [5.74, 6) is 0.139. The zero-order valence-corrected chi connectivity index (χ0v) is 14.5. The van der Waals surface area contributed by atoms with Gasteiger partial charge >= 0.3 is 6.18 Å². The van der Waals surface area contributed by atoms with Gasteiger partial charge in [0.25, 0.3) is 5.91 Å². The van der Waals surface area contributed by atoms with Gasteiger partial charge in [0.1, 0.15) is 5.82 Å². The maximum absolute atomic E-state index is 12.9. The summed E-state index contributed by atoms with van der Waals surface area (Å²) >= 11 is 5.60. The topological polar surface area (TPSA) is 54.0 Å². The first kappa shape index (κ1) is 18.5. The summed E-state index contributed by atoms with van der Waals surface area (Å²) in [6, 6.07) is 6.86. The minimum atomic E-state index is -4.54. The SMILES string of the molecule is O=C(NC1CCCC1)c1ccc(Nc2ccc(Cl)c(C(F)(F)F)c2)nc1. The quantitative estimate of drug-likeness (QED) is 0.765. The van der Waals surface area contributed by atoms with Gasteiger partial charge in [-0.05, 0) is 43.2 Å². The Morgan fingerprint density at radius 3 is 2.50 bits per heavy atom. The Labute approximate surface area is 153 Å². The smallest absolute Gasteiger partial charge is 0.349 e. The molecule has 138 valence electrons. The number of carbonyl (C=O) groups is 1. The van der Waals surface area contributed by atoms with Crippen molar-refractivity contribution in [3.63, 3.8) is 0 Å². The van der Waals surface area contributed by atoms with Gasteiger partial charge in [-0.15, -0.1) is 0 Å². The number of carbonyl (C=O) groups excluding carboxylic acids is 1. The molecule has 26 heavy (non-hydrogen) atoms. The Kier molecular flexibility index (Phi) is 5.36. The molecule has 8 heteroatoms. The second kappa shape index (κ2) is 7.53. The third-order valence-corrected chi connectivity index (χ3v) is 4.59. The van der Waals surface area contributed by atoms with Crippen molar-refractivity contribution in [3.8, 4) is 0 Å². The minimum Gasteiger partial charge on any atom is -0.349 e. The number of amides is 1. The maximum Gasteiger partial charge on any atom is 0.417 e. The molecule has 1 saturated carbocycles. The third-order valence-electron chi connectivity index (χ3n) is 4.26. The first-order chi connectivity index (χ1) is 12.3. The summed E-state index contributed by atoms with van der Waals surface area (Å²) < 4.78 is 38.7. The molecular formula is C18H17ClF3N3O. The van der Waals surface area contributed by atoms with Gasteiger partial charge in [0.2, 0.25) is 0 Å². The van der Waals surface area contributed by atoms with Crippen LogP contribution in [0.1, 0.15) is 41.6 Å². The molecule has 0 aliphatic heterocycles. The highest BCUT2D eigenvalue weighted by atomic mass is 35.5. The molecule has 1 heterocycles. The van der Waals surface area contributed by atoms with Crippen molar-refractivity contribution in [1.82, 2.24) is 10.3 Å². The minimum absolute atomic E-state index is 0.193. The van der Waals surface area contributed by atoms with Gasteiger partial charge in [-0.25, -0.2) is 4.98 Å². The second-order valence-electron chi connectivity index (χ2n) is 6.20. The molecule has 0 radical (unpaired) electrons. The van der Waals surface area contributed by atoms with Crippen molar-refractivity contribution in [1.29, 1.82) is 0 Å². The number of benzene rings is 1. The molecule has 1 aromatic carbocycles. The lowest BCUT2D eigenvalue weighted by atomic mass is 10.2. The van der Waals surface area contributed by atoms with E-state index in [2.05, 4.69) is 15.6 Å². The second-order valence-corrected chi connectivity index (χ2v) is 6.61. The van der Waals surface area contributed by atoms with Crippen LogP contribution in [-0.4, -0.2) is 16.9 Å². The van der Waals surface area contributed by atoms with Crippen molar-refractivity contribution >= 4 is 29.0 Å². The first-order valence-corrected chi connectivity index (χ1v) is 8.61. The molecule has 0 atom stereocenters. The molecule has 2 N–H and O–H groups in total. The predicted octanol–water partition coefficient (Wildman–Crippen LogP) is 5.17. The van der Waals surface area contributed by atoms with Gasteiger partial charge in [-0.1, -0.05) is 24.4 Å². The van der Waals surface area contributed by atoms with E-state index < -0.39 is 11.7 Å². The standard InChI is InChI=1S/C18H17ClF3N3O/c19-15-7-6-13(9-14(15)18(20,21)22)24-16-8-5-11(10-23-16)17(26)25-12-3-1-2-4-12/h5-10,12H,1-4H2,(H,23,24)(H,25,26).